The standard InChI is InChI=1S/C21H20N4OS3/c1-10-22-19(17-12-5-2-3-7-13(12)29-21(17)23-10)27-9-15-24-18(26)16-11-6-4-8-14(11)28-20(16)25-15/h2-9H2,1H3,(H,24,25,26). The Labute approximate surface area is 180 Å². The lowest BCUT2D eigenvalue weighted by Gasteiger charge is -2.11. The van der Waals surface area contributed by atoms with Crippen molar-refractivity contribution in [3.05, 3.63) is 42.9 Å². The van der Waals surface area contributed by atoms with E-state index in [2.05, 4.69) is 4.98 Å². The highest BCUT2D eigenvalue weighted by Gasteiger charge is 2.23. The van der Waals surface area contributed by atoms with Crippen LogP contribution in [-0.2, 0) is 31.4 Å². The van der Waals surface area contributed by atoms with Crippen LogP contribution in [-0.4, -0.2) is 19.9 Å². The van der Waals surface area contributed by atoms with Gasteiger partial charge in [0, 0.05) is 15.1 Å². The molecule has 2 aliphatic rings. The Kier molecular flexibility index (Phi) is 4.28. The van der Waals surface area contributed by atoms with Crippen molar-refractivity contribution in [3.63, 3.8) is 0 Å². The highest BCUT2D eigenvalue weighted by molar-refractivity contribution is 7.98. The molecule has 6 rings (SSSR count). The summed E-state index contributed by atoms with van der Waals surface area (Å²) in [5.74, 6) is 2.16. The maximum Gasteiger partial charge on any atom is 0.259 e. The maximum absolute atomic E-state index is 12.7. The van der Waals surface area contributed by atoms with Gasteiger partial charge in [-0.15, -0.1) is 22.7 Å². The van der Waals surface area contributed by atoms with Gasteiger partial charge in [-0.05, 0) is 63.0 Å². The molecule has 148 valence electrons. The molecule has 0 saturated carbocycles. The molecule has 0 aromatic carbocycles. The number of aryl methyl sites for hydroxylation is 5. The molecular weight excluding hydrogens is 420 g/mol. The summed E-state index contributed by atoms with van der Waals surface area (Å²) in [6.07, 6.45) is 8.04. The molecule has 2 aliphatic carbocycles. The van der Waals surface area contributed by atoms with Gasteiger partial charge in [-0.1, -0.05) is 11.8 Å². The van der Waals surface area contributed by atoms with Crippen LogP contribution in [0.25, 0.3) is 20.4 Å². The first kappa shape index (κ1) is 18.0. The predicted octanol–water partition coefficient (Wildman–Crippen LogP) is 4.96. The van der Waals surface area contributed by atoms with Crippen molar-refractivity contribution in [1.82, 2.24) is 19.9 Å². The molecule has 0 fully saturated rings. The van der Waals surface area contributed by atoms with Crippen molar-refractivity contribution < 1.29 is 0 Å². The number of aromatic amines is 1. The third kappa shape index (κ3) is 2.95. The topological polar surface area (TPSA) is 71.5 Å². The molecule has 0 aliphatic heterocycles. The average molecular weight is 441 g/mol. The lowest BCUT2D eigenvalue weighted by Crippen LogP contribution is -2.11. The number of H-pyrrole nitrogens is 1. The molecule has 8 heteroatoms. The van der Waals surface area contributed by atoms with E-state index in [4.69, 9.17) is 15.0 Å². The van der Waals surface area contributed by atoms with E-state index in [1.54, 1.807) is 23.1 Å². The van der Waals surface area contributed by atoms with Crippen LogP contribution in [0, 0.1) is 6.92 Å². The second kappa shape index (κ2) is 6.89. The molecule has 4 aromatic rings. The smallest absolute Gasteiger partial charge is 0.259 e. The van der Waals surface area contributed by atoms with Crippen molar-refractivity contribution in [2.45, 2.75) is 62.6 Å². The van der Waals surface area contributed by atoms with Gasteiger partial charge in [0.1, 0.15) is 26.3 Å². The van der Waals surface area contributed by atoms with Gasteiger partial charge in [-0.2, -0.15) is 0 Å². The van der Waals surface area contributed by atoms with Crippen LogP contribution in [0.5, 0.6) is 0 Å². The van der Waals surface area contributed by atoms with E-state index in [1.807, 2.05) is 18.3 Å². The zero-order valence-electron chi connectivity index (χ0n) is 16.1. The zero-order valence-corrected chi connectivity index (χ0v) is 18.6. The summed E-state index contributed by atoms with van der Waals surface area (Å²) >= 11 is 5.20. The van der Waals surface area contributed by atoms with Gasteiger partial charge < -0.3 is 4.98 Å². The van der Waals surface area contributed by atoms with E-state index in [0.717, 1.165) is 63.8 Å². The summed E-state index contributed by atoms with van der Waals surface area (Å²) in [6.45, 7) is 1.96. The lowest BCUT2D eigenvalue weighted by molar-refractivity contribution is 0.699. The van der Waals surface area contributed by atoms with Crippen molar-refractivity contribution in [2.75, 3.05) is 0 Å². The fourth-order valence-electron chi connectivity index (χ4n) is 4.58. The SMILES string of the molecule is Cc1nc(SCc2nc3sc4c(c3c(=O)[nH]2)CCC4)c2c3c(sc2n1)CCCC3. The van der Waals surface area contributed by atoms with Crippen LogP contribution < -0.4 is 5.56 Å². The number of rotatable bonds is 3. The average Bonchev–Trinajstić information content (AvgIpc) is 3.37. The van der Waals surface area contributed by atoms with Crippen LogP contribution >= 0.6 is 34.4 Å². The molecule has 0 radical (unpaired) electrons. The number of hydrogen-bond acceptors (Lipinski definition) is 7. The summed E-state index contributed by atoms with van der Waals surface area (Å²) in [5, 5.41) is 3.09. The quantitative estimate of drug-likeness (QED) is 0.360. The monoisotopic (exact) mass is 440 g/mol. The second-order valence-electron chi connectivity index (χ2n) is 7.81. The van der Waals surface area contributed by atoms with Gasteiger partial charge in [0.15, 0.2) is 0 Å². The fraction of sp³-hybridized carbons (Fsp3) is 0.429. The number of fused-ring (bicyclic) bond motifs is 6. The van der Waals surface area contributed by atoms with E-state index >= 15 is 0 Å². The van der Waals surface area contributed by atoms with E-state index in [9.17, 15) is 4.79 Å². The van der Waals surface area contributed by atoms with Gasteiger partial charge in [0.25, 0.3) is 5.56 Å². The normalized spacial score (nSPS) is 15.9. The van der Waals surface area contributed by atoms with E-state index in [-0.39, 0.29) is 5.56 Å². The Bertz CT molecular complexity index is 1330. The molecule has 0 amide bonds. The Balaban J connectivity index is 1.38. The Morgan fingerprint density at radius 2 is 1.59 bits per heavy atom. The molecule has 0 unspecified atom stereocenters. The molecule has 29 heavy (non-hydrogen) atoms. The van der Waals surface area contributed by atoms with E-state index < -0.39 is 0 Å². The molecule has 4 heterocycles. The minimum Gasteiger partial charge on any atom is -0.309 e. The first-order valence-corrected chi connectivity index (χ1v) is 12.7. The number of hydrogen-bond donors (Lipinski definition) is 1. The second-order valence-corrected chi connectivity index (χ2v) is 10.9. The van der Waals surface area contributed by atoms with Gasteiger partial charge >= 0.3 is 0 Å². The Hall–Kier alpha value is -1.77. The van der Waals surface area contributed by atoms with Gasteiger partial charge in [-0.25, -0.2) is 15.0 Å². The predicted molar refractivity (Wildman–Crippen MR) is 121 cm³/mol. The molecule has 4 aromatic heterocycles. The van der Waals surface area contributed by atoms with Crippen molar-refractivity contribution in [3.8, 4) is 0 Å². The van der Waals surface area contributed by atoms with Gasteiger partial charge in [0.2, 0.25) is 0 Å². The minimum absolute atomic E-state index is 0.0157. The van der Waals surface area contributed by atoms with Gasteiger partial charge in [-0.3, -0.25) is 4.79 Å². The summed E-state index contributed by atoms with van der Waals surface area (Å²) in [5.41, 5.74) is 2.70. The first-order valence-electron chi connectivity index (χ1n) is 10.1. The molecule has 5 nitrogen and oxygen atoms in total. The van der Waals surface area contributed by atoms with Crippen molar-refractivity contribution in [2.24, 2.45) is 0 Å². The van der Waals surface area contributed by atoms with Gasteiger partial charge in [0.05, 0.1) is 11.1 Å². The molecular formula is C21H20N4OS3. The molecule has 0 spiro atoms. The van der Waals surface area contributed by atoms with Crippen molar-refractivity contribution >= 4 is 54.9 Å². The minimum atomic E-state index is 0.0157. The highest BCUT2D eigenvalue weighted by Crippen LogP contribution is 2.40. The molecule has 1 N–H and O–H groups in total. The van der Waals surface area contributed by atoms with Crippen LogP contribution in [0.4, 0.5) is 0 Å². The number of nitrogens with one attached hydrogen (secondary N) is 1. The van der Waals surface area contributed by atoms with Crippen molar-refractivity contribution in [1.29, 1.82) is 0 Å². The number of aromatic nitrogens is 4. The molecule has 0 saturated heterocycles. The number of thioether (sulfide) groups is 1. The largest absolute Gasteiger partial charge is 0.309 e. The summed E-state index contributed by atoms with van der Waals surface area (Å²) < 4.78 is 0. The molecule has 0 atom stereocenters. The first-order chi connectivity index (χ1) is 14.2. The highest BCUT2D eigenvalue weighted by atomic mass is 32.2. The van der Waals surface area contributed by atoms with Crippen LogP contribution in [0.15, 0.2) is 9.82 Å². The number of thiophene rings is 2. The van der Waals surface area contributed by atoms with Crippen LogP contribution in [0.2, 0.25) is 0 Å². The fourth-order valence-corrected chi connectivity index (χ4v) is 8.21. The van der Waals surface area contributed by atoms with E-state index in [1.165, 1.54) is 39.1 Å². The summed E-state index contributed by atoms with van der Waals surface area (Å²) in [6, 6.07) is 0. The number of nitrogens with zero attached hydrogens (tertiary/aromatic N) is 3. The van der Waals surface area contributed by atoms with Crippen LogP contribution in [0.3, 0.4) is 0 Å². The third-order valence-electron chi connectivity index (χ3n) is 5.86. The third-order valence-corrected chi connectivity index (χ3v) is 9.22. The Morgan fingerprint density at radius 3 is 2.45 bits per heavy atom. The molecule has 0 bridgehead atoms. The lowest BCUT2D eigenvalue weighted by atomic mass is 9.97. The Morgan fingerprint density at radius 1 is 0.897 bits per heavy atom. The summed E-state index contributed by atoms with van der Waals surface area (Å²) in [4.78, 5) is 34.9. The zero-order chi connectivity index (χ0) is 19.5. The van der Waals surface area contributed by atoms with Crippen LogP contribution in [0.1, 0.15) is 51.8 Å². The van der Waals surface area contributed by atoms with E-state index in [0.29, 0.717) is 5.75 Å². The summed E-state index contributed by atoms with van der Waals surface area (Å²) in [7, 11) is 0. The maximum atomic E-state index is 12.7.